The van der Waals surface area contributed by atoms with E-state index in [1.54, 1.807) is 6.20 Å². The minimum Gasteiger partial charge on any atom is -0.373 e. The number of rotatable bonds is 4. The van der Waals surface area contributed by atoms with Gasteiger partial charge in [-0.2, -0.15) is 0 Å². The van der Waals surface area contributed by atoms with E-state index in [4.69, 9.17) is 4.74 Å². The molecule has 122 valence electrons. The van der Waals surface area contributed by atoms with Crippen LogP contribution < -0.4 is 0 Å². The average molecular weight is 330 g/mol. The number of aromatic nitrogens is 1. The molecule has 2 saturated heterocycles. The van der Waals surface area contributed by atoms with Crippen molar-refractivity contribution in [3.05, 3.63) is 42.2 Å². The maximum Gasteiger partial charge on any atom is 0.226 e. The molecule has 1 spiro atoms. The van der Waals surface area contributed by atoms with Crippen molar-refractivity contribution in [1.82, 2.24) is 9.88 Å². The Balaban J connectivity index is 1.24. The molecule has 0 N–H and O–H groups in total. The van der Waals surface area contributed by atoms with E-state index in [0.29, 0.717) is 18.6 Å². The lowest BCUT2D eigenvalue weighted by Gasteiger charge is -2.48. The molecule has 2 fully saturated rings. The molecule has 1 aliphatic carbocycles. The third kappa shape index (κ3) is 3.17. The second-order valence-corrected chi connectivity index (χ2v) is 8.31. The molecule has 3 heterocycles. The first-order valence-corrected chi connectivity index (χ1v) is 9.31. The zero-order valence-corrected chi connectivity index (χ0v) is 14.0. The summed E-state index contributed by atoms with van der Waals surface area (Å²) in [6, 6.07) is 3.99. The molecule has 23 heavy (non-hydrogen) atoms. The minimum atomic E-state index is 0.205. The molecule has 1 atom stereocenters. The molecule has 0 unspecified atom stereocenters. The van der Waals surface area contributed by atoms with Gasteiger partial charge in [0.1, 0.15) is 0 Å². The van der Waals surface area contributed by atoms with Crippen LogP contribution in [-0.4, -0.2) is 45.5 Å². The molecule has 1 amide bonds. The van der Waals surface area contributed by atoms with E-state index >= 15 is 0 Å². The number of ether oxygens (including phenoxy) is 1. The summed E-state index contributed by atoms with van der Waals surface area (Å²) in [4.78, 5) is 18.6. The number of allylic oxidation sites excluding steroid dienone is 2. The van der Waals surface area contributed by atoms with Crippen LogP contribution in [0, 0.1) is 5.92 Å². The van der Waals surface area contributed by atoms with Gasteiger partial charge in [0.25, 0.3) is 0 Å². The molecule has 1 aromatic rings. The summed E-state index contributed by atoms with van der Waals surface area (Å²) in [5, 5.41) is 0. The summed E-state index contributed by atoms with van der Waals surface area (Å²) >= 11 is 1.99. The maximum atomic E-state index is 12.4. The summed E-state index contributed by atoms with van der Waals surface area (Å²) < 4.78 is 6.29. The summed E-state index contributed by atoms with van der Waals surface area (Å²) in [7, 11) is 0. The highest BCUT2D eigenvalue weighted by Crippen LogP contribution is 2.46. The molecule has 4 nitrogen and oxygen atoms in total. The molecule has 4 rings (SSSR count). The van der Waals surface area contributed by atoms with Gasteiger partial charge < -0.3 is 9.64 Å². The van der Waals surface area contributed by atoms with Crippen molar-refractivity contribution in [2.75, 3.05) is 18.8 Å². The molecular weight excluding hydrogens is 308 g/mol. The zero-order chi connectivity index (χ0) is 15.7. The molecule has 3 aliphatic rings. The minimum absolute atomic E-state index is 0.205. The Morgan fingerprint density at radius 3 is 2.96 bits per heavy atom. The zero-order valence-electron chi connectivity index (χ0n) is 13.2. The molecule has 2 aliphatic heterocycles. The first-order valence-electron chi connectivity index (χ1n) is 8.32. The van der Waals surface area contributed by atoms with Crippen LogP contribution in [0.1, 0.15) is 24.8 Å². The first kappa shape index (κ1) is 15.2. The van der Waals surface area contributed by atoms with Crippen molar-refractivity contribution in [1.29, 1.82) is 0 Å². The maximum absolute atomic E-state index is 12.4. The fraction of sp³-hybridized carbons (Fsp3) is 0.556. The summed E-state index contributed by atoms with van der Waals surface area (Å²) in [5.74, 6) is 1.59. The van der Waals surface area contributed by atoms with Crippen LogP contribution in [0.3, 0.4) is 0 Å². The molecule has 1 aromatic heterocycles. The fourth-order valence-electron chi connectivity index (χ4n) is 3.71. The monoisotopic (exact) mass is 330 g/mol. The van der Waals surface area contributed by atoms with Gasteiger partial charge in [-0.15, -0.1) is 11.8 Å². The van der Waals surface area contributed by atoms with Crippen LogP contribution in [0.15, 0.2) is 36.7 Å². The third-order valence-electron chi connectivity index (χ3n) is 5.01. The third-order valence-corrected chi connectivity index (χ3v) is 6.59. The second-order valence-electron chi connectivity index (χ2n) is 6.83. The number of amides is 1. The highest BCUT2D eigenvalue weighted by atomic mass is 32.2. The van der Waals surface area contributed by atoms with E-state index < -0.39 is 0 Å². The van der Waals surface area contributed by atoms with Crippen molar-refractivity contribution in [2.45, 2.75) is 36.7 Å². The SMILES string of the molecule is O=C(C1CC=CC1)N1CC2(C[C@@H](OCc3cccnc3)CS2)C1. The van der Waals surface area contributed by atoms with Gasteiger partial charge in [-0.3, -0.25) is 9.78 Å². The normalized spacial score (nSPS) is 25.9. The molecule has 0 bridgehead atoms. The van der Waals surface area contributed by atoms with Crippen molar-refractivity contribution >= 4 is 17.7 Å². The Kier molecular flexibility index (Phi) is 4.16. The molecular formula is C18H22N2O2S. The molecule has 0 saturated carbocycles. The van der Waals surface area contributed by atoms with Crippen molar-refractivity contribution in [3.63, 3.8) is 0 Å². The summed E-state index contributed by atoms with van der Waals surface area (Å²) in [5.41, 5.74) is 1.12. The Labute approximate surface area is 141 Å². The Morgan fingerprint density at radius 2 is 2.22 bits per heavy atom. The number of hydrogen-bond donors (Lipinski definition) is 0. The summed E-state index contributed by atoms with van der Waals surface area (Å²) in [6.45, 7) is 2.44. The predicted octanol–water partition coefficient (Wildman–Crippen LogP) is 2.65. The number of pyridine rings is 1. The van der Waals surface area contributed by atoms with E-state index in [9.17, 15) is 4.79 Å². The number of hydrogen-bond acceptors (Lipinski definition) is 4. The van der Waals surface area contributed by atoms with Gasteiger partial charge in [-0.05, 0) is 30.9 Å². The van der Waals surface area contributed by atoms with Gasteiger partial charge >= 0.3 is 0 Å². The number of thioether (sulfide) groups is 1. The van der Waals surface area contributed by atoms with Crippen LogP contribution in [0.2, 0.25) is 0 Å². The smallest absolute Gasteiger partial charge is 0.226 e. The van der Waals surface area contributed by atoms with Gasteiger partial charge in [0, 0.05) is 37.2 Å². The van der Waals surface area contributed by atoms with E-state index in [-0.39, 0.29) is 10.7 Å². The number of carbonyl (C=O) groups is 1. The van der Waals surface area contributed by atoms with Crippen LogP contribution in [0.5, 0.6) is 0 Å². The lowest BCUT2D eigenvalue weighted by molar-refractivity contribution is -0.140. The average Bonchev–Trinajstić information content (AvgIpc) is 3.22. The molecule has 5 heteroatoms. The van der Waals surface area contributed by atoms with Gasteiger partial charge in [-0.1, -0.05) is 18.2 Å². The van der Waals surface area contributed by atoms with Crippen LogP contribution >= 0.6 is 11.8 Å². The Bertz CT molecular complexity index is 590. The Hall–Kier alpha value is -1.33. The summed E-state index contributed by atoms with van der Waals surface area (Å²) in [6.07, 6.45) is 11.1. The fourth-order valence-corrected chi connectivity index (χ4v) is 5.26. The van der Waals surface area contributed by atoms with Gasteiger partial charge in [-0.25, -0.2) is 0 Å². The van der Waals surface area contributed by atoms with E-state index in [1.807, 2.05) is 35.0 Å². The van der Waals surface area contributed by atoms with Gasteiger partial charge in [0.2, 0.25) is 5.91 Å². The van der Waals surface area contributed by atoms with E-state index in [1.165, 1.54) is 0 Å². The predicted molar refractivity (Wildman–Crippen MR) is 91.1 cm³/mol. The van der Waals surface area contributed by atoms with Crippen LogP contribution in [-0.2, 0) is 16.1 Å². The quantitative estimate of drug-likeness (QED) is 0.796. The van der Waals surface area contributed by atoms with Crippen molar-refractivity contribution in [3.8, 4) is 0 Å². The largest absolute Gasteiger partial charge is 0.373 e. The van der Waals surface area contributed by atoms with Crippen LogP contribution in [0.25, 0.3) is 0 Å². The van der Waals surface area contributed by atoms with Gasteiger partial charge in [0.05, 0.1) is 17.5 Å². The molecule has 0 radical (unpaired) electrons. The number of nitrogens with zero attached hydrogens (tertiary/aromatic N) is 2. The first-order chi connectivity index (χ1) is 11.2. The van der Waals surface area contributed by atoms with Crippen molar-refractivity contribution in [2.24, 2.45) is 5.92 Å². The lowest BCUT2D eigenvalue weighted by atomic mass is 9.91. The standard InChI is InChI=1S/C18H22N2O2S/c21-17(15-5-1-2-6-15)20-12-18(13-20)8-16(11-23-18)22-10-14-4-3-7-19-9-14/h1-4,7,9,15-16H,5-6,8,10-13H2/t16-/m1/s1. The highest BCUT2D eigenvalue weighted by Gasteiger charge is 2.51. The van der Waals surface area contributed by atoms with Crippen LogP contribution in [0.4, 0.5) is 0 Å². The van der Waals surface area contributed by atoms with E-state index in [2.05, 4.69) is 17.1 Å². The van der Waals surface area contributed by atoms with Gasteiger partial charge in [0.15, 0.2) is 0 Å². The highest BCUT2D eigenvalue weighted by molar-refractivity contribution is 8.01. The lowest BCUT2D eigenvalue weighted by Crippen LogP contribution is -2.61. The number of likely N-dealkylation sites (tertiary alicyclic amines) is 1. The van der Waals surface area contributed by atoms with E-state index in [0.717, 1.165) is 43.7 Å². The second kappa shape index (κ2) is 6.29. The number of carbonyl (C=O) groups excluding carboxylic acids is 1. The topological polar surface area (TPSA) is 42.4 Å². The Morgan fingerprint density at radius 1 is 1.39 bits per heavy atom. The van der Waals surface area contributed by atoms with Crippen molar-refractivity contribution < 1.29 is 9.53 Å². The molecule has 0 aromatic carbocycles.